The number of carbonyl (C=O) groups is 2. The predicted octanol–water partition coefficient (Wildman–Crippen LogP) is 6.83. The maximum absolute atomic E-state index is 14.7. The van der Waals surface area contributed by atoms with Gasteiger partial charge in [-0.2, -0.15) is 23.4 Å². The van der Waals surface area contributed by atoms with Gasteiger partial charge in [0.15, 0.2) is 0 Å². The van der Waals surface area contributed by atoms with Crippen LogP contribution in [0.1, 0.15) is 68.1 Å². The van der Waals surface area contributed by atoms with E-state index in [1.807, 2.05) is 0 Å². The van der Waals surface area contributed by atoms with Crippen LogP contribution in [0.5, 0.6) is 5.75 Å². The fourth-order valence-electron chi connectivity index (χ4n) is 4.57. The maximum Gasteiger partial charge on any atom is 0.420 e. The molecule has 1 N–H and O–H groups in total. The van der Waals surface area contributed by atoms with Crippen molar-refractivity contribution in [2.75, 3.05) is 18.4 Å². The normalized spacial score (nSPS) is 16.0. The number of carbonyl (C=O) groups excluding carboxylic acids is 2. The number of rotatable bonds is 6. The number of amides is 2. The van der Waals surface area contributed by atoms with E-state index >= 15 is 0 Å². The van der Waals surface area contributed by atoms with E-state index in [9.17, 15) is 22.8 Å². The Bertz CT molecular complexity index is 1500. The van der Waals surface area contributed by atoms with Gasteiger partial charge in [0.25, 0.3) is 5.91 Å². The SMILES string of the molecule is CC(C)(C)OC(=O)N1CC=C(c2c(NC(=O)c3csc(-c4ccnnc4)n3)ccc(OC3CCC3)c2C(F)(F)F)CC1. The van der Waals surface area contributed by atoms with Gasteiger partial charge in [0.1, 0.15) is 27.6 Å². The smallest absolute Gasteiger partial charge is 0.420 e. The molecule has 222 valence electrons. The number of alkyl halides is 3. The van der Waals surface area contributed by atoms with Gasteiger partial charge in [-0.1, -0.05) is 6.08 Å². The second-order valence-electron chi connectivity index (χ2n) is 11.1. The summed E-state index contributed by atoms with van der Waals surface area (Å²) in [5.41, 5.74) is -0.804. The zero-order valence-corrected chi connectivity index (χ0v) is 24.1. The molecule has 9 nitrogen and oxygen atoms in total. The summed E-state index contributed by atoms with van der Waals surface area (Å²) in [5, 5.41) is 12.2. The number of halogens is 3. The van der Waals surface area contributed by atoms with Crippen LogP contribution in [-0.2, 0) is 10.9 Å². The number of aromatic nitrogens is 3. The summed E-state index contributed by atoms with van der Waals surface area (Å²) in [6.45, 7) is 5.43. The van der Waals surface area contributed by atoms with Crippen LogP contribution in [-0.4, -0.2) is 56.9 Å². The Morgan fingerprint density at radius 3 is 2.50 bits per heavy atom. The van der Waals surface area contributed by atoms with Crippen LogP contribution in [0.25, 0.3) is 16.1 Å². The Hall–Kier alpha value is -4.00. The Morgan fingerprint density at radius 1 is 1.12 bits per heavy atom. The Morgan fingerprint density at radius 2 is 1.90 bits per heavy atom. The first-order chi connectivity index (χ1) is 19.9. The van der Waals surface area contributed by atoms with Gasteiger partial charge in [-0.15, -0.1) is 11.3 Å². The number of anilines is 1. The second-order valence-corrected chi connectivity index (χ2v) is 11.9. The molecule has 1 aliphatic heterocycles. The molecule has 42 heavy (non-hydrogen) atoms. The summed E-state index contributed by atoms with van der Waals surface area (Å²) in [5.74, 6) is -0.940. The van der Waals surface area contributed by atoms with E-state index in [1.165, 1.54) is 46.1 Å². The summed E-state index contributed by atoms with van der Waals surface area (Å²) >= 11 is 1.21. The highest BCUT2D eigenvalue weighted by Crippen LogP contribution is 2.47. The number of hydrogen-bond acceptors (Lipinski definition) is 8. The van der Waals surface area contributed by atoms with Crippen molar-refractivity contribution in [1.29, 1.82) is 0 Å². The fourth-order valence-corrected chi connectivity index (χ4v) is 5.36. The largest absolute Gasteiger partial charge is 0.490 e. The van der Waals surface area contributed by atoms with Gasteiger partial charge in [0, 0.05) is 35.3 Å². The molecule has 0 saturated heterocycles. The predicted molar refractivity (Wildman–Crippen MR) is 151 cm³/mol. The van der Waals surface area contributed by atoms with Gasteiger partial charge in [-0.25, -0.2) is 9.78 Å². The highest BCUT2D eigenvalue weighted by atomic mass is 32.1. The molecule has 3 heterocycles. The van der Waals surface area contributed by atoms with Gasteiger partial charge in [0.2, 0.25) is 0 Å². The lowest BCUT2D eigenvalue weighted by atomic mass is 9.91. The van der Waals surface area contributed by atoms with Gasteiger partial charge in [0.05, 0.1) is 18.5 Å². The van der Waals surface area contributed by atoms with Crippen LogP contribution in [0, 0.1) is 0 Å². The van der Waals surface area contributed by atoms with Crippen molar-refractivity contribution in [1.82, 2.24) is 20.1 Å². The van der Waals surface area contributed by atoms with E-state index in [0.29, 0.717) is 29.0 Å². The van der Waals surface area contributed by atoms with Crippen LogP contribution in [0.2, 0.25) is 0 Å². The summed E-state index contributed by atoms with van der Waals surface area (Å²) in [7, 11) is 0. The lowest BCUT2D eigenvalue weighted by Crippen LogP contribution is -2.39. The highest BCUT2D eigenvalue weighted by Gasteiger charge is 2.41. The van der Waals surface area contributed by atoms with Crippen molar-refractivity contribution in [2.45, 2.75) is 64.3 Å². The average Bonchev–Trinajstić information content (AvgIpc) is 3.41. The van der Waals surface area contributed by atoms with Crippen molar-refractivity contribution >= 4 is 34.6 Å². The molecule has 2 aliphatic rings. The molecule has 0 unspecified atom stereocenters. The van der Waals surface area contributed by atoms with Crippen LogP contribution in [0.3, 0.4) is 0 Å². The van der Waals surface area contributed by atoms with Crippen LogP contribution < -0.4 is 10.1 Å². The number of thiazole rings is 1. The van der Waals surface area contributed by atoms with E-state index in [4.69, 9.17) is 9.47 Å². The molecule has 1 aromatic carbocycles. The zero-order valence-electron chi connectivity index (χ0n) is 23.3. The molecule has 0 bridgehead atoms. The molecule has 2 aromatic heterocycles. The molecular weight excluding hydrogens is 571 g/mol. The molecule has 1 saturated carbocycles. The number of ether oxygens (including phenoxy) is 2. The quantitative estimate of drug-likeness (QED) is 0.330. The van der Waals surface area contributed by atoms with Crippen molar-refractivity contribution in [3.8, 4) is 16.3 Å². The molecule has 1 aliphatic carbocycles. The molecule has 1 fully saturated rings. The van der Waals surface area contributed by atoms with Gasteiger partial charge < -0.3 is 19.7 Å². The van der Waals surface area contributed by atoms with Crippen LogP contribution in [0.4, 0.5) is 23.7 Å². The third kappa shape index (κ3) is 6.72. The van der Waals surface area contributed by atoms with E-state index in [-0.39, 0.29) is 48.3 Å². The lowest BCUT2D eigenvalue weighted by molar-refractivity contribution is -0.139. The number of nitrogens with one attached hydrogen (secondary N) is 1. The molecule has 13 heteroatoms. The minimum absolute atomic E-state index is 0.0228. The van der Waals surface area contributed by atoms with Gasteiger partial charge >= 0.3 is 12.3 Å². The third-order valence-corrected chi connectivity index (χ3v) is 7.69. The Kier molecular flexibility index (Phi) is 8.22. The topological polar surface area (TPSA) is 107 Å². The van der Waals surface area contributed by atoms with Crippen molar-refractivity contribution in [2.24, 2.45) is 0 Å². The first-order valence-corrected chi connectivity index (χ1v) is 14.4. The standard InChI is InChI=1S/C29H30F3N5O4S/c1-28(2,3)41-27(39)37-13-10-17(11-14-37)23-20(7-8-22(24(23)29(30,31)32)40-19-5-4-6-19)35-25(38)21-16-42-26(36-21)18-9-12-33-34-15-18/h7-10,12,15-16,19H,4-6,11,13-14H2,1-3H3,(H,35,38). The summed E-state index contributed by atoms with van der Waals surface area (Å²) in [6, 6.07) is 4.38. The van der Waals surface area contributed by atoms with Gasteiger partial charge in [-0.05, 0) is 70.2 Å². The van der Waals surface area contributed by atoms with E-state index in [0.717, 1.165) is 6.42 Å². The fraction of sp³-hybridized carbons (Fsp3) is 0.414. The minimum atomic E-state index is -4.78. The first kappa shape index (κ1) is 29.5. The molecular formula is C29H30F3N5O4S. The number of nitrogens with zero attached hydrogens (tertiary/aromatic N) is 4. The van der Waals surface area contributed by atoms with E-state index in [1.54, 1.807) is 32.9 Å². The molecule has 0 radical (unpaired) electrons. The molecule has 5 rings (SSSR count). The van der Waals surface area contributed by atoms with E-state index < -0.39 is 29.3 Å². The monoisotopic (exact) mass is 601 g/mol. The molecule has 3 aromatic rings. The van der Waals surface area contributed by atoms with E-state index in [2.05, 4.69) is 20.5 Å². The molecule has 0 spiro atoms. The van der Waals surface area contributed by atoms with Crippen molar-refractivity contribution in [3.05, 3.63) is 58.9 Å². The molecule has 0 atom stereocenters. The maximum atomic E-state index is 14.7. The van der Waals surface area contributed by atoms with Crippen molar-refractivity contribution in [3.63, 3.8) is 0 Å². The summed E-state index contributed by atoms with van der Waals surface area (Å²) < 4.78 is 55.4. The Balaban J connectivity index is 1.50. The summed E-state index contributed by atoms with van der Waals surface area (Å²) in [4.78, 5) is 31.6. The third-order valence-electron chi connectivity index (χ3n) is 6.79. The van der Waals surface area contributed by atoms with Crippen LogP contribution >= 0.6 is 11.3 Å². The van der Waals surface area contributed by atoms with Gasteiger partial charge in [-0.3, -0.25) is 4.79 Å². The van der Waals surface area contributed by atoms with Crippen LogP contribution in [0.15, 0.2) is 42.0 Å². The summed E-state index contributed by atoms with van der Waals surface area (Å²) in [6.07, 6.45) is 1.32. The highest BCUT2D eigenvalue weighted by molar-refractivity contribution is 7.13. The second kappa shape index (κ2) is 11.7. The molecule has 2 amide bonds. The lowest BCUT2D eigenvalue weighted by Gasteiger charge is -2.32. The zero-order chi connectivity index (χ0) is 30.1. The average molecular weight is 602 g/mol. The number of benzene rings is 1. The van der Waals surface area contributed by atoms with Crippen molar-refractivity contribution < 1.29 is 32.2 Å². The Labute approximate surface area is 244 Å². The minimum Gasteiger partial charge on any atom is -0.490 e. The first-order valence-electron chi connectivity index (χ1n) is 13.5. The number of hydrogen-bond donors (Lipinski definition) is 1.